The molecule has 0 radical (unpaired) electrons. The molecule has 0 aliphatic carbocycles. The molecule has 0 atom stereocenters. The first-order chi connectivity index (χ1) is 6.24. The Morgan fingerprint density at radius 1 is 1.69 bits per heavy atom. The normalized spacial score (nSPS) is 17.6. The van der Waals surface area contributed by atoms with Gasteiger partial charge >= 0.3 is 0 Å². The molecule has 0 aromatic heterocycles. The topological polar surface area (TPSA) is 49.4 Å². The van der Waals surface area contributed by atoms with E-state index in [0.29, 0.717) is 13.1 Å². The molecule has 0 bridgehead atoms. The number of carbonyl (C=O) groups excluding carboxylic acids is 2. The molecule has 1 aliphatic heterocycles. The Morgan fingerprint density at radius 2 is 2.46 bits per heavy atom. The van der Waals surface area contributed by atoms with Gasteiger partial charge in [0.1, 0.15) is 0 Å². The number of carbonyl (C=O) groups is 2. The van der Waals surface area contributed by atoms with Crippen molar-refractivity contribution in [2.75, 3.05) is 25.9 Å². The van der Waals surface area contributed by atoms with Gasteiger partial charge in [0, 0.05) is 19.2 Å². The van der Waals surface area contributed by atoms with E-state index in [4.69, 9.17) is 0 Å². The highest BCUT2D eigenvalue weighted by molar-refractivity contribution is 8.01. The number of nitrogens with zero attached hydrogens (tertiary/aromatic N) is 1. The number of hydrogen-bond donors (Lipinski definition) is 1. The van der Waals surface area contributed by atoms with Gasteiger partial charge in [-0.2, -0.15) is 0 Å². The molecule has 2 amide bonds. The van der Waals surface area contributed by atoms with Crippen molar-refractivity contribution in [1.29, 1.82) is 0 Å². The lowest BCUT2D eigenvalue weighted by molar-refractivity contribution is -0.134. The maximum Gasteiger partial charge on any atom is 0.247 e. The Bertz CT molecular complexity index is 240. The van der Waals surface area contributed by atoms with Crippen molar-refractivity contribution in [2.24, 2.45) is 0 Å². The summed E-state index contributed by atoms with van der Waals surface area (Å²) in [6.45, 7) is 1.33. The fraction of sp³-hybridized carbons (Fsp3) is 0.500. The summed E-state index contributed by atoms with van der Waals surface area (Å²) in [5, 5.41) is 4.38. The van der Waals surface area contributed by atoms with Crippen LogP contribution in [0, 0.1) is 0 Å². The van der Waals surface area contributed by atoms with Gasteiger partial charge in [0.05, 0.1) is 6.54 Å². The minimum Gasteiger partial charge on any atom is -0.353 e. The molecule has 1 fully saturated rings. The smallest absolute Gasteiger partial charge is 0.247 e. The van der Waals surface area contributed by atoms with Crippen LogP contribution in [-0.4, -0.2) is 42.6 Å². The van der Waals surface area contributed by atoms with E-state index in [2.05, 4.69) is 5.32 Å². The molecule has 0 unspecified atom stereocenters. The Labute approximate surface area is 81.4 Å². The minimum atomic E-state index is -0.0933. The summed E-state index contributed by atoms with van der Waals surface area (Å²) in [6, 6.07) is 0. The Hall–Kier alpha value is -0.970. The summed E-state index contributed by atoms with van der Waals surface area (Å²) < 4.78 is 0. The third kappa shape index (κ3) is 3.10. The fourth-order valence-electron chi connectivity index (χ4n) is 1.06. The van der Waals surface area contributed by atoms with Crippen LogP contribution in [0.3, 0.4) is 0 Å². The van der Waals surface area contributed by atoms with Gasteiger partial charge in [-0.05, 0) is 11.7 Å². The van der Waals surface area contributed by atoms with Gasteiger partial charge in [0.15, 0.2) is 0 Å². The first-order valence-corrected chi connectivity index (χ1v) is 5.28. The number of rotatable bonds is 2. The zero-order valence-corrected chi connectivity index (χ0v) is 8.26. The van der Waals surface area contributed by atoms with Crippen molar-refractivity contribution in [3.8, 4) is 0 Å². The molecule has 0 saturated carbocycles. The van der Waals surface area contributed by atoms with Crippen molar-refractivity contribution in [1.82, 2.24) is 10.2 Å². The Kier molecular flexibility index (Phi) is 3.82. The van der Waals surface area contributed by atoms with Crippen LogP contribution in [0.1, 0.15) is 0 Å². The van der Waals surface area contributed by atoms with Crippen LogP contribution >= 0.6 is 11.8 Å². The van der Waals surface area contributed by atoms with Gasteiger partial charge in [-0.25, -0.2) is 0 Å². The lowest BCUT2D eigenvalue weighted by Crippen LogP contribution is -2.49. The zero-order valence-electron chi connectivity index (χ0n) is 7.45. The first kappa shape index (κ1) is 10.1. The number of piperazine rings is 1. The van der Waals surface area contributed by atoms with E-state index in [1.165, 1.54) is 22.7 Å². The fourth-order valence-corrected chi connectivity index (χ4v) is 1.31. The second kappa shape index (κ2) is 4.91. The molecule has 5 heteroatoms. The lowest BCUT2D eigenvalue weighted by atomic mass is 10.3. The average Bonchev–Trinajstić information content (AvgIpc) is 2.14. The molecule has 1 saturated heterocycles. The Balaban J connectivity index is 2.46. The van der Waals surface area contributed by atoms with E-state index in [0.717, 1.165) is 0 Å². The first-order valence-electron chi connectivity index (χ1n) is 3.99. The summed E-state index contributed by atoms with van der Waals surface area (Å²) >= 11 is 1.47. The molecule has 1 aliphatic rings. The molecule has 0 aromatic rings. The SMILES string of the molecule is CS/C=C/C(=O)N1CCNC(=O)C1. The number of hydrogen-bond acceptors (Lipinski definition) is 3. The third-order valence-electron chi connectivity index (χ3n) is 1.70. The monoisotopic (exact) mass is 200 g/mol. The lowest BCUT2D eigenvalue weighted by Gasteiger charge is -2.25. The van der Waals surface area contributed by atoms with E-state index in [9.17, 15) is 9.59 Å². The number of thioether (sulfide) groups is 1. The standard InChI is InChI=1S/C8H12N2O2S/c1-13-5-2-8(12)10-4-3-9-7(11)6-10/h2,5H,3-4,6H2,1H3,(H,9,11)/b5-2+. The van der Waals surface area contributed by atoms with Crippen LogP contribution in [-0.2, 0) is 9.59 Å². The van der Waals surface area contributed by atoms with Gasteiger partial charge in [0.2, 0.25) is 11.8 Å². The Morgan fingerprint density at radius 3 is 3.08 bits per heavy atom. The molecule has 1 rings (SSSR count). The summed E-state index contributed by atoms with van der Waals surface area (Å²) in [6.07, 6.45) is 3.37. The zero-order chi connectivity index (χ0) is 9.68. The van der Waals surface area contributed by atoms with Crippen molar-refractivity contribution in [3.63, 3.8) is 0 Å². The van der Waals surface area contributed by atoms with Gasteiger partial charge in [-0.15, -0.1) is 11.8 Å². The summed E-state index contributed by atoms with van der Waals surface area (Å²) in [5.74, 6) is -0.179. The second-order valence-electron chi connectivity index (χ2n) is 2.65. The van der Waals surface area contributed by atoms with Gasteiger partial charge in [-0.3, -0.25) is 9.59 Å². The molecule has 0 spiro atoms. The van der Waals surface area contributed by atoms with Gasteiger partial charge < -0.3 is 10.2 Å². The highest BCUT2D eigenvalue weighted by Crippen LogP contribution is 1.99. The maximum absolute atomic E-state index is 11.3. The molecule has 1 heterocycles. The third-order valence-corrected chi connectivity index (χ3v) is 2.10. The minimum absolute atomic E-state index is 0.0860. The summed E-state index contributed by atoms with van der Waals surface area (Å²) in [5.41, 5.74) is 0. The van der Waals surface area contributed by atoms with Crippen molar-refractivity contribution in [3.05, 3.63) is 11.5 Å². The molecule has 0 aromatic carbocycles. The largest absolute Gasteiger partial charge is 0.353 e. The van der Waals surface area contributed by atoms with Crippen LogP contribution < -0.4 is 5.32 Å². The molecule has 1 N–H and O–H groups in total. The van der Waals surface area contributed by atoms with Crippen molar-refractivity contribution in [2.45, 2.75) is 0 Å². The van der Waals surface area contributed by atoms with Crippen LogP contribution in [0.25, 0.3) is 0 Å². The number of nitrogens with one attached hydrogen (secondary N) is 1. The summed E-state index contributed by atoms with van der Waals surface area (Å²) in [7, 11) is 0. The highest BCUT2D eigenvalue weighted by Gasteiger charge is 2.18. The van der Waals surface area contributed by atoms with Crippen LogP contribution in [0.15, 0.2) is 11.5 Å². The van der Waals surface area contributed by atoms with E-state index in [1.54, 1.807) is 5.41 Å². The molecular weight excluding hydrogens is 188 g/mol. The van der Waals surface area contributed by atoms with E-state index in [-0.39, 0.29) is 18.4 Å². The quantitative estimate of drug-likeness (QED) is 0.629. The molecule has 72 valence electrons. The van der Waals surface area contributed by atoms with E-state index < -0.39 is 0 Å². The predicted molar refractivity (Wildman–Crippen MR) is 52.2 cm³/mol. The molecule has 13 heavy (non-hydrogen) atoms. The van der Waals surface area contributed by atoms with E-state index >= 15 is 0 Å². The summed E-state index contributed by atoms with van der Waals surface area (Å²) in [4.78, 5) is 23.8. The molecule has 4 nitrogen and oxygen atoms in total. The van der Waals surface area contributed by atoms with Crippen molar-refractivity contribution < 1.29 is 9.59 Å². The average molecular weight is 200 g/mol. The van der Waals surface area contributed by atoms with Gasteiger partial charge in [0.25, 0.3) is 0 Å². The number of amides is 2. The predicted octanol–water partition coefficient (Wildman–Crippen LogP) is -0.179. The van der Waals surface area contributed by atoms with Gasteiger partial charge in [-0.1, -0.05) is 0 Å². The van der Waals surface area contributed by atoms with Crippen LogP contribution in [0.5, 0.6) is 0 Å². The van der Waals surface area contributed by atoms with Crippen LogP contribution in [0.2, 0.25) is 0 Å². The maximum atomic E-state index is 11.3. The molecular formula is C8H12N2O2S. The van der Waals surface area contributed by atoms with Crippen molar-refractivity contribution >= 4 is 23.6 Å². The second-order valence-corrected chi connectivity index (χ2v) is 3.39. The van der Waals surface area contributed by atoms with Crippen LogP contribution in [0.4, 0.5) is 0 Å². The highest BCUT2D eigenvalue weighted by atomic mass is 32.2. The van der Waals surface area contributed by atoms with E-state index in [1.807, 2.05) is 6.26 Å².